The fourth-order valence-corrected chi connectivity index (χ4v) is 2.87. The molecule has 0 bridgehead atoms. The molecule has 2 aromatic rings. The number of carbonyl (C=O) groups is 1. The maximum absolute atomic E-state index is 12.5. The second-order valence-electron chi connectivity index (χ2n) is 5.37. The van der Waals surface area contributed by atoms with Crippen molar-refractivity contribution in [2.45, 2.75) is 0 Å². The lowest BCUT2D eigenvalue weighted by Gasteiger charge is -2.17. The van der Waals surface area contributed by atoms with Crippen LogP contribution < -0.4 is 9.47 Å². The number of β-amino-alcohol motifs (C(OH)–C–C–N with tert-alkyl or cyclic N) is 1. The number of fused-ring (bicyclic) bond motifs is 1. The molecule has 3 rings (SSSR count). The van der Waals surface area contributed by atoms with Crippen LogP contribution in [0.1, 0.15) is 21.5 Å². The van der Waals surface area contributed by atoms with Crippen LogP contribution in [-0.2, 0) is 0 Å². The minimum atomic E-state index is -0.0942. The summed E-state index contributed by atoms with van der Waals surface area (Å²) in [4.78, 5) is 14.1. The van der Waals surface area contributed by atoms with Gasteiger partial charge >= 0.3 is 0 Å². The van der Waals surface area contributed by atoms with E-state index in [0.29, 0.717) is 17.1 Å². The number of ether oxygens (including phenoxy) is 2. The Morgan fingerprint density at radius 1 is 1.04 bits per heavy atom. The molecule has 0 unspecified atom stereocenters. The minimum absolute atomic E-state index is 0.0913. The maximum atomic E-state index is 12.5. The van der Waals surface area contributed by atoms with Crippen molar-refractivity contribution >= 4 is 17.7 Å². The van der Waals surface area contributed by atoms with Gasteiger partial charge in [-0.25, -0.2) is 0 Å². The molecule has 1 heterocycles. The van der Waals surface area contributed by atoms with Crippen LogP contribution in [0.15, 0.2) is 42.5 Å². The summed E-state index contributed by atoms with van der Waals surface area (Å²) in [7, 11) is 3.17. The van der Waals surface area contributed by atoms with Crippen molar-refractivity contribution in [1.29, 1.82) is 0 Å². The molecule has 24 heavy (non-hydrogen) atoms. The van der Waals surface area contributed by atoms with Crippen molar-refractivity contribution in [3.63, 3.8) is 0 Å². The Kier molecular flexibility index (Phi) is 4.53. The molecular weight excluding hydrogens is 306 g/mol. The highest BCUT2D eigenvalue weighted by Gasteiger charge is 2.31. The zero-order chi connectivity index (χ0) is 17.1. The molecule has 1 amide bonds. The summed E-state index contributed by atoms with van der Waals surface area (Å²) in [6.45, 7) is 0.162. The van der Waals surface area contributed by atoms with E-state index in [-0.39, 0.29) is 19.1 Å². The predicted octanol–water partition coefficient (Wildman–Crippen LogP) is 2.65. The minimum Gasteiger partial charge on any atom is -0.493 e. The standard InChI is InChI=1S/C19H19NO4/c1-23-17-8-7-13(12-18(17)24-2)11-16-14-5-3-4-6-15(14)19(22)20(16)9-10-21/h3-8,11-12,21H,9-10H2,1-2H3. The average Bonchev–Trinajstić information content (AvgIpc) is 2.88. The predicted molar refractivity (Wildman–Crippen MR) is 92.0 cm³/mol. The Morgan fingerprint density at radius 2 is 1.75 bits per heavy atom. The molecule has 5 heteroatoms. The molecule has 5 nitrogen and oxygen atoms in total. The first-order valence-electron chi connectivity index (χ1n) is 7.65. The Hall–Kier alpha value is -2.79. The number of aliphatic hydroxyl groups is 1. The van der Waals surface area contributed by atoms with E-state index in [9.17, 15) is 9.90 Å². The number of hydrogen-bond acceptors (Lipinski definition) is 4. The van der Waals surface area contributed by atoms with Crippen LogP contribution in [0.25, 0.3) is 11.8 Å². The van der Waals surface area contributed by atoms with Gasteiger partial charge in [0.05, 0.1) is 26.5 Å². The van der Waals surface area contributed by atoms with E-state index < -0.39 is 0 Å². The molecule has 0 spiro atoms. The fraction of sp³-hybridized carbons (Fsp3) is 0.211. The summed E-state index contributed by atoms with van der Waals surface area (Å²) < 4.78 is 10.6. The quantitative estimate of drug-likeness (QED) is 0.918. The van der Waals surface area contributed by atoms with E-state index in [1.807, 2.05) is 42.5 Å². The Bertz CT molecular complexity index is 798. The normalized spacial score (nSPS) is 14.9. The molecular formula is C19H19NO4. The summed E-state index contributed by atoms with van der Waals surface area (Å²) in [6, 6.07) is 13.0. The summed E-state index contributed by atoms with van der Waals surface area (Å²) in [5, 5.41) is 9.30. The third-order valence-corrected chi connectivity index (χ3v) is 4.00. The maximum Gasteiger partial charge on any atom is 0.259 e. The lowest BCUT2D eigenvalue weighted by molar-refractivity contribution is 0.0829. The number of amides is 1. The first-order chi connectivity index (χ1) is 11.7. The second-order valence-corrected chi connectivity index (χ2v) is 5.37. The van der Waals surface area contributed by atoms with Crippen molar-refractivity contribution in [2.24, 2.45) is 0 Å². The summed E-state index contributed by atoms with van der Waals surface area (Å²) in [5.74, 6) is 1.18. The summed E-state index contributed by atoms with van der Waals surface area (Å²) >= 11 is 0. The van der Waals surface area contributed by atoms with Crippen LogP contribution >= 0.6 is 0 Å². The third-order valence-electron chi connectivity index (χ3n) is 4.00. The van der Waals surface area contributed by atoms with Gasteiger partial charge in [0, 0.05) is 17.7 Å². The van der Waals surface area contributed by atoms with Gasteiger partial charge in [0.15, 0.2) is 11.5 Å². The van der Waals surface area contributed by atoms with Gasteiger partial charge < -0.3 is 19.5 Å². The number of benzene rings is 2. The number of rotatable bonds is 5. The van der Waals surface area contributed by atoms with Gasteiger partial charge in [-0.05, 0) is 29.8 Å². The molecule has 0 saturated carbocycles. The SMILES string of the molecule is COc1ccc(C=C2c3ccccc3C(=O)N2CCO)cc1OC. The van der Waals surface area contributed by atoms with Gasteiger partial charge in [0.25, 0.3) is 5.91 Å². The molecule has 1 N–H and O–H groups in total. The van der Waals surface area contributed by atoms with E-state index in [0.717, 1.165) is 16.8 Å². The van der Waals surface area contributed by atoms with Crippen LogP contribution in [0.5, 0.6) is 11.5 Å². The van der Waals surface area contributed by atoms with Crippen molar-refractivity contribution < 1.29 is 19.4 Å². The van der Waals surface area contributed by atoms with E-state index in [2.05, 4.69) is 0 Å². The molecule has 0 saturated heterocycles. The molecule has 0 aliphatic carbocycles. The topological polar surface area (TPSA) is 59.0 Å². The zero-order valence-electron chi connectivity index (χ0n) is 13.7. The van der Waals surface area contributed by atoms with E-state index in [1.54, 1.807) is 25.2 Å². The van der Waals surface area contributed by atoms with Gasteiger partial charge in [0.2, 0.25) is 0 Å². The molecule has 0 aromatic heterocycles. The van der Waals surface area contributed by atoms with Crippen molar-refractivity contribution in [3.8, 4) is 11.5 Å². The van der Waals surface area contributed by atoms with Gasteiger partial charge in [0.1, 0.15) is 0 Å². The number of nitrogens with zero attached hydrogens (tertiary/aromatic N) is 1. The number of carbonyl (C=O) groups excluding carboxylic acids is 1. The zero-order valence-corrected chi connectivity index (χ0v) is 13.7. The molecule has 1 aliphatic heterocycles. The van der Waals surface area contributed by atoms with Gasteiger partial charge in [-0.1, -0.05) is 24.3 Å². The van der Waals surface area contributed by atoms with Gasteiger partial charge in [-0.15, -0.1) is 0 Å². The molecule has 0 radical (unpaired) electrons. The lowest BCUT2D eigenvalue weighted by Crippen LogP contribution is -2.26. The molecule has 0 atom stereocenters. The smallest absolute Gasteiger partial charge is 0.259 e. The van der Waals surface area contributed by atoms with Crippen molar-refractivity contribution in [3.05, 3.63) is 59.2 Å². The number of hydrogen-bond donors (Lipinski definition) is 1. The highest BCUT2D eigenvalue weighted by atomic mass is 16.5. The second kappa shape index (κ2) is 6.76. The van der Waals surface area contributed by atoms with Crippen LogP contribution in [0.2, 0.25) is 0 Å². The van der Waals surface area contributed by atoms with Crippen LogP contribution in [0.3, 0.4) is 0 Å². The Balaban J connectivity index is 2.08. The fourth-order valence-electron chi connectivity index (χ4n) is 2.87. The highest BCUT2D eigenvalue weighted by molar-refractivity contribution is 6.11. The van der Waals surface area contributed by atoms with Crippen molar-refractivity contribution in [2.75, 3.05) is 27.4 Å². The summed E-state index contributed by atoms with van der Waals surface area (Å²) in [5.41, 5.74) is 3.18. The first kappa shape index (κ1) is 16.1. The van der Waals surface area contributed by atoms with Crippen LogP contribution in [0.4, 0.5) is 0 Å². The lowest BCUT2D eigenvalue weighted by atomic mass is 10.1. The molecule has 124 valence electrons. The molecule has 2 aromatic carbocycles. The monoisotopic (exact) mass is 325 g/mol. The Morgan fingerprint density at radius 3 is 2.42 bits per heavy atom. The van der Waals surface area contributed by atoms with Gasteiger partial charge in [-0.3, -0.25) is 4.79 Å². The van der Waals surface area contributed by atoms with E-state index >= 15 is 0 Å². The Labute approximate surface area is 140 Å². The number of aliphatic hydroxyl groups excluding tert-OH is 1. The third kappa shape index (κ3) is 2.74. The van der Waals surface area contributed by atoms with Crippen LogP contribution in [-0.4, -0.2) is 43.3 Å². The average molecular weight is 325 g/mol. The molecule has 0 fully saturated rings. The highest BCUT2D eigenvalue weighted by Crippen LogP contribution is 2.35. The van der Waals surface area contributed by atoms with Gasteiger partial charge in [-0.2, -0.15) is 0 Å². The van der Waals surface area contributed by atoms with Crippen molar-refractivity contribution in [1.82, 2.24) is 4.90 Å². The summed E-state index contributed by atoms with van der Waals surface area (Å²) in [6.07, 6.45) is 1.92. The van der Waals surface area contributed by atoms with Crippen LogP contribution in [0, 0.1) is 0 Å². The molecule has 1 aliphatic rings. The number of methoxy groups -OCH3 is 2. The van der Waals surface area contributed by atoms with E-state index in [1.165, 1.54) is 0 Å². The van der Waals surface area contributed by atoms with E-state index in [4.69, 9.17) is 9.47 Å². The largest absolute Gasteiger partial charge is 0.493 e. The first-order valence-corrected chi connectivity index (χ1v) is 7.65.